The van der Waals surface area contributed by atoms with Gasteiger partial charge in [0.2, 0.25) is 5.91 Å². The lowest BCUT2D eigenvalue weighted by atomic mass is 9.90. The molecule has 168 valence electrons. The fraction of sp³-hybridized carbons (Fsp3) is 0.250. The number of carbonyl (C=O) groups is 2. The molecule has 0 aliphatic heterocycles. The number of rotatable bonds is 5. The van der Waals surface area contributed by atoms with Crippen LogP contribution in [0, 0.1) is 0 Å². The van der Waals surface area contributed by atoms with Gasteiger partial charge in [-0.15, -0.1) is 11.3 Å². The molecular formula is C24H22BrN5O2S. The lowest BCUT2D eigenvalue weighted by Crippen LogP contribution is -2.38. The molecule has 1 aromatic carbocycles. The first kappa shape index (κ1) is 21.8. The molecule has 2 atom stereocenters. The van der Waals surface area contributed by atoms with E-state index in [9.17, 15) is 9.59 Å². The van der Waals surface area contributed by atoms with Gasteiger partial charge in [0, 0.05) is 35.6 Å². The van der Waals surface area contributed by atoms with E-state index < -0.39 is 5.91 Å². The lowest BCUT2D eigenvalue weighted by molar-refractivity contribution is 0.0924. The number of carbonyl (C=O) groups excluding carboxylic acids is 2. The number of aromatic nitrogens is 3. The van der Waals surface area contributed by atoms with Crippen LogP contribution in [0.1, 0.15) is 51.8 Å². The Bertz CT molecular complexity index is 1330. The summed E-state index contributed by atoms with van der Waals surface area (Å²) < 4.78 is 3.17. The van der Waals surface area contributed by atoms with Crippen molar-refractivity contribution in [3.05, 3.63) is 69.1 Å². The summed E-state index contributed by atoms with van der Waals surface area (Å²) in [4.78, 5) is 34.3. The highest BCUT2D eigenvalue weighted by Gasteiger charge is 2.28. The van der Waals surface area contributed by atoms with Crippen LogP contribution in [0.2, 0.25) is 0 Å². The van der Waals surface area contributed by atoms with Crippen molar-refractivity contribution in [3.8, 4) is 11.4 Å². The highest BCUT2D eigenvalue weighted by atomic mass is 79.9. The Morgan fingerprint density at radius 2 is 2.06 bits per heavy atom. The van der Waals surface area contributed by atoms with E-state index in [1.54, 1.807) is 24.5 Å². The minimum Gasteiger partial charge on any atom is -0.366 e. The molecule has 3 aromatic heterocycles. The number of nitrogens with zero attached hydrogens (tertiary/aromatic N) is 3. The maximum atomic E-state index is 12.7. The zero-order chi connectivity index (χ0) is 22.9. The van der Waals surface area contributed by atoms with Crippen molar-refractivity contribution in [2.75, 3.05) is 0 Å². The van der Waals surface area contributed by atoms with Crippen molar-refractivity contribution in [3.63, 3.8) is 0 Å². The third-order valence-electron chi connectivity index (χ3n) is 6.04. The maximum absolute atomic E-state index is 12.7. The molecule has 1 saturated carbocycles. The number of benzene rings is 1. The molecule has 7 nitrogen and oxygen atoms in total. The molecule has 1 aliphatic carbocycles. The molecular weight excluding hydrogens is 502 g/mol. The average molecular weight is 524 g/mol. The minimum absolute atomic E-state index is 0.0366. The molecule has 4 aromatic rings. The predicted octanol–water partition coefficient (Wildman–Crippen LogP) is 4.93. The van der Waals surface area contributed by atoms with E-state index in [-0.39, 0.29) is 18.0 Å². The van der Waals surface area contributed by atoms with Gasteiger partial charge in [0.1, 0.15) is 5.82 Å². The van der Waals surface area contributed by atoms with E-state index >= 15 is 0 Å². The molecule has 5 rings (SSSR count). The van der Waals surface area contributed by atoms with Gasteiger partial charge in [-0.25, -0.2) is 4.98 Å². The number of imidazole rings is 1. The molecule has 0 bridgehead atoms. The van der Waals surface area contributed by atoms with Crippen LogP contribution in [0.3, 0.4) is 0 Å². The molecule has 0 saturated heterocycles. The Labute approximate surface area is 203 Å². The first-order valence-electron chi connectivity index (χ1n) is 10.8. The largest absolute Gasteiger partial charge is 0.366 e. The van der Waals surface area contributed by atoms with Gasteiger partial charge in [0.25, 0.3) is 5.91 Å². The summed E-state index contributed by atoms with van der Waals surface area (Å²) in [5.74, 6) is 0.291. The molecule has 0 spiro atoms. The number of fused-ring (bicyclic) bond motifs is 1. The Morgan fingerprint density at radius 1 is 1.18 bits per heavy atom. The van der Waals surface area contributed by atoms with E-state index in [0.29, 0.717) is 10.4 Å². The number of thiophene rings is 1. The van der Waals surface area contributed by atoms with Crippen LogP contribution >= 0.6 is 27.3 Å². The van der Waals surface area contributed by atoms with E-state index in [1.807, 2.05) is 30.3 Å². The van der Waals surface area contributed by atoms with Crippen molar-refractivity contribution in [1.29, 1.82) is 0 Å². The SMILES string of the molecule is NC(=O)c1ccc2c(c1)nc(-c1cccnc1)n2C1CCCC(NC(=O)c2ccc(Br)s2)C1. The van der Waals surface area contributed by atoms with Crippen LogP contribution in [0.15, 0.2) is 58.6 Å². The fourth-order valence-electron chi connectivity index (χ4n) is 4.54. The van der Waals surface area contributed by atoms with Gasteiger partial charge in [0.05, 0.1) is 19.7 Å². The number of pyridine rings is 1. The number of primary amides is 1. The molecule has 3 heterocycles. The number of amides is 2. The standard InChI is InChI=1S/C24H22BrN5O2S/c25-21-9-8-20(33-21)24(32)28-16-4-1-5-17(12-16)30-19-7-6-14(22(26)31)11-18(19)29-23(30)15-3-2-10-27-13-15/h2-3,6-11,13,16-17H,1,4-5,12H2,(H2,26,31)(H,28,32). The summed E-state index contributed by atoms with van der Waals surface area (Å²) in [5, 5.41) is 3.22. The minimum atomic E-state index is -0.477. The maximum Gasteiger partial charge on any atom is 0.261 e. The number of hydrogen-bond acceptors (Lipinski definition) is 5. The highest BCUT2D eigenvalue weighted by Crippen LogP contribution is 2.36. The Morgan fingerprint density at radius 3 is 2.79 bits per heavy atom. The lowest BCUT2D eigenvalue weighted by Gasteiger charge is -2.32. The molecule has 1 aliphatic rings. The highest BCUT2D eigenvalue weighted by molar-refractivity contribution is 9.11. The molecule has 9 heteroatoms. The van der Waals surface area contributed by atoms with Crippen molar-refractivity contribution in [2.24, 2.45) is 5.73 Å². The van der Waals surface area contributed by atoms with Gasteiger partial charge in [0.15, 0.2) is 0 Å². The molecule has 33 heavy (non-hydrogen) atoms. The Hall–Kier alpha value is -3.04. The third kappa shape index (κ3) is 4.43. The number of hydrogen-bond donors (Lipinski definition) is 2. The van der Waals surface area contributed by atoms with E-state index in [4.69, 9.17) is 10.7 Å². The number of nitrogens with two attached hydrogens (primary N) is 1. The Balaban J connectivity index is 1.49. The Kier molecular flexibility index (Phi) is 5.99. The van der Waals surface area contributed by atoms with Crippen LogP contribution in [-0.2, 0) is 0 Å². The van der Waals surface area contributed by atoms with Crippen LogP contribution < -0.4 is 11.1 Å². The second-order valence-electron chi connectivity index (χ2n) is 8.21. The number of halogens is 1. The van der Waals surface area contributed by atoms with Gasteiger partial charge >= 0.3 is 0 Å². The second kappa shape index (κ2) is 9.07. The zero-order valence-electron chi connectivity index (χ0n) is 17.7. The molecule has 0 radical (unpaired) electrons. The first-order valence-corrected chi connectivity index (χ1v) is 12.4. The van der Waals surface area contributed by atoms with Crippen molar-refractivity contribution in [1.82, 2.24) is 19.9 Å². The monoisotopic (exact) mass is 523 g/mol. The van der Waals surface area contributed by atoms with Crippen LogP contribution in [0.5, 0.6) is 0 Å². The summed E-state index contributed by atoms with van der Waals surface area (Å²) in [6.07, 6.45) is 7.24. The molecule has 2 amide bonds. The first-order chi connectivity index (χ1) is 16.0. The van der Waals surface area contributed by atoms with E-state index in [1.165, 1.54) is 11.3 Å². The quantitative estimate of drug-likeness (QED) is 0.386. The second-order valence-corrected chi connectivity index (χ2v) is 10.7. The summed E-state index contributed by atoms with van der Waals surface area (Å²) in [6, 6.07) is 13.2. The molecule has 2 unspecified atom stereocenters. The summed E-state index contributed by atoms with van der Waals surface area (Å²) >= 11 is 4.86. The number of nitrogens with one attached hydrogen (secondary N) is 1. The summed E-state index contributed by atoms with van der Waals surface area (Å²) in [7, 11) is 0. The summed E-state index contributed by atoms with van der Waals surface area (Å²) in [5.41, 5.74) is 8.49. The predicted molar refractivity (Wildman–Crippen MR) is 132 cm³/mol. The van der Waals surface area contributed by atoms with Crippen molar-refractivity contribution < 1.29 is 9.59 Å². The normalized spacial score (nSPS) is 18.3. The van der Waals surface area contributed by atoms with Gasteiger partial charge in [-0.1, -0.05) is 0 Å². The van der Waals surface area contributed by atoms with Gasteiger partial charge in [-0.2, -0.15) is 0 Å². The van der Waals surface area contributed by atoms with Crippen molar-refractivity contribution in [2.45, 2.75) is 37.8 Å². The van der Waals surface area contributed by atoms with Crippen LogP contribution in [0.25, 0.3) is 22.4 Å². The van der Waals surface area contributed by atoms with Crippen LogP contribution in [0.4, 0.5) is 0 Å². The van der Waals surface area contributed by atoms with Crippen molar-refractivity contribution >= 4 is 50.1 Å². The zero-order valence-corrected chi connectivity index (χ0v) is 20.1. The third-order valence-corrected chi connectivity index (χ3v) is 7.66. The van der Waals surface area contributed by atoms with E-state index in [0.717, 1.165) is 51.9 Å². The van der Waals surface area contributed by atoms with E-state index in [2.05, 4.69) is 30.8 Å². The average Bonchev–Trinajstić information content (AvgIpc) is 3.43. The van der Waals surface area contributed by atoms with Gasteiger partial charge in [-0.3, -0.25) is 14.6 Å². The van der Waals surface area contributed by atoms with Gasteiger partial charge in [-0.05, 0) is 84.1 Å². The topological polar surface area (TPSA) is 103 Å². The molecule has 3 N–H and O–H groups in total. The summed E-state index contributed by atoms with van der Waals surface area (Å²) in [6.45, 7) is 0. The molecule has 1 fully saturated rings. The smallest absolute Gasteiger partial charge is 0.261 e. The fourth-order valence-corrected chi connectivity index (χ4v) is 5.83. The van der Waals surface area contributed by atoms with Gasteiger partial charge < -0.3 is 15.6 Å². The van der Waals surface area contributed by atoms with Crippen LogP contribution in [-0.4, -0.2) is 32.4 Å².